The quantitative estimate of drug-likeness (QED) is 0.310. The Morgan fingerprint density at radius 2 is 1.15 bits per heavy atom. The minimum absolute atomic E-state index is 0.112. The maximum absolute atomic E-state index is 3.80. The first-order valence-corrected chi connectivity index (χ1v) is 12.9. The van der Waals surface area contributed by atoms with Gasteiger partial charge in [0, 0.05) is 12.0 Å². The molecule has 0 bridgehead atoms. The van der Waals surface area contributed by atoms with Gasteiger partial charge >= 0.3 is 0 Å². The molecule has 34 heavy (non-hydrogen) atoms. The van der Waals surface area contributed by atoms with Gasteiger partial charge in [0.1, 0.15) is 0 Å². The van der Waals surface area contributed by atoms with Crippen molar-refractivity contribution < 1.29 is 0 Å². The summed E-state index contributed by atoms with van der Waals surface area (Å²) in [4.78, 5) is 0. The largest absolute Gasteiger partial charge is 0.316 e. The van der Waals surface area contributed by atoms with E-state index in [4.69, 9.17) is 0 Å². The molecular formula is C33H29N. The molecule has 1 saturated heterocycles. The third-order valence-electron chi connectivity index (χ3n) is 9.48. The number of hydrogen-bond donors (Lipinski definition) is 1. The molecule has 166 valence electrons. The SMILES string of the molecule is c1ccc2c(c1)Cc1c-2cccc1C1(c2cccc3c2Cc2ccccc2-3)CC12CCCNC2. The van der Waals surface area contributed by atoms with Gasteiger partial charge in [-0.1, -0.05) is 84.9 Å². The van der Waals surface area contributed by atoms with Crippen LogP contribution in [0, 0.1) is 5.41 Å². The fraction of sp³-hybridized carbons (Fsp3) is 0.273. The second-order valence-corrected chi connectivity index (χ2v) is 11.0. The Balaban J connectivity index is 1.37. The molecule has 1 spiro atoms. The summed E-state index contributed by atoms with van der Waals surface area (Å²) in [7, 11) is 0. The zero-order valence-electron chi connectivity index (χ0n) is 19.5. The predicted octanol–water partition coefficient (Wildman–Crippen LogP) is 6.89. The van der Waals surface area contributed by atoms with E-state index in [-0.39, 0.29) is 5.41 Å². The zero-order valence-corrected chi connectivity index (χ0v) is 19.5. The molecule has 1 atom stereocenters. The van der Waals surface area contributed by atoms with Crippen LogP contribution in [0.4, 0.5) is 0 Å². The summed E-state index contributed by atoms with van der Waals surface area (Å²) in [5, 5.41) is 3.80. The van der Waals surface area contributed by atoms with Gasteiger partial charge in [-0.2, -0.15) is 0 Å². The Hall–Kier alpha value is -3.16. The summed E-state index contributed by atoms with van der Waals surface area (Å²) in [6.45, 7) is 2.30. The molecule has 3 aliphatic carbocycles. The van der Waals surface area contributed by atoms with Crippen LogP contribution in [-0.4, -0.2) is 13.1 Å². The molecule has 1 unspecified atom stereocenters. The van der Waals surface area contributed by atoms with Crippen molar-refractivity contribution in [2.45, 2.75) is 37.5 Å². The molecule has 1 aliphatic heterocycles. The first-order chi connectivity index (χ1) is 16.8. The highest BCUT2D eigenvalue weighted by Crippen LogP contribution is 2.72. The number of rotatable bonds is 2. The van der Waals surface area contributed by atoms with E-state index in [0.29, 0.717) is 5.41 Å². The topological polar surface area (TPSA) is 12.0 Å². The van der Waals surface area contributed by atoms with Gasteiger partial charge in [0.25, 0.3) is 0 Å². The summed E-state index contributed by atoms with van der Waals surface area (Å²) < 4.78 is 0. The zero-order chi connectivity index (χ0) is 22.3. The third kappa shape index (κ3) is 2.34. The lowest BCUT2D eigenvalue weighted by molar-refractivity contribution is 0.323. The van der Waals surface area contributed by atoms with Crippen LogP contribution >= 0.6 is 0 Å². The highest BCUT2D eigenvalue weighted by Gasteiger charge is 2.69. The molecule has 1 N–H and O–H groups in total. The molecule has 1 heteroatoms. The van der Waals surface area contributed by atoms with Crippen LogP contribution in [0.5, 0.6) is 0 Å². The van der Waals surface area contributed by atoms with Crippen molar-refractivity contribution in [1.29, 1.82) is 0 Å². The number of piperidine rings is 1. The lowest BCUT2D eigenvalue weighted by atomic mass is 9.73. The molecule has 1 heterocycles. The van der Waals surface area contributed by atoms with E-state index in [0.717, 1.165) is 25.9 Å². The van der Waals surface area contributed by atoms with Gasteiger partial charge in [-0.3, -0.25) is 0 Å². The molecule has 1 saturated carbocycles. The highest BCUT2D eigenvalue weighted by atomic mass is 14.9. The van der Waals surface area contributed by atoms with E-state index in [1.807, 2.05) is 0 Å². The average Bonchev–Trinajstić information content (AvgIpc) is 3.18. The second kappa shape index (κ2) is 6.71. The molecule has 4 aromatic rings. The third-order valence-corrected chi connectivity index (χ3v) is 9.48. The van der Waals surface area contributed by atoms with Crippen molar-refractivity contribution in [1.82, 2.24) is 5.32 Å². The van der Waals surface area contributed by atoms with Crippen molar-refractivity contribution in [3.63, 3.8) is 0 Å². The number of hydrogen-bond acceptors (Lipinski definition) is 1. The normalized spacial score (nSPS) is 22.7. The lowest BCUT2D eigenvalue weighted by Crippen LogP contribution is -2.37. The van der Waals surface area contributed by atoms with E-state index in [2.05, 4.69) is 90.2 Å². The van der Waals surface area contributed by atoms with Crippen LogP contribution < -0.4 is 5.32 Å². The average molecular weight is 440 g/mol. The van der Waals surface area contributed by atoms with E-state index < -0.39 is 0 Å². The smallest absolute Gasteiger partial charge is 0.0284 e. The predicted molar refractivity (Wildman–Crippen MR) is 139 cm³/mol. The molecule has 4 aromatic carbocycles. The maximum atomic E-state index is 3.80. The fourth-order valence-corrected chi connectivity index (χ4v) is 7.97. The van der Waals surface area contributed by atoms with Crippen LogP contribution in [0.25, 0.3) is 22.3 Å². The van der Waals surface area contributed by atoms with Crippen LogP contribution in [-0.2, 0) is 18.3 Å². The van der Waals surface area contributed by atoms with Gasteiger partial charge in [0.05, 0.1) is 0 Å². The molecule has 0 aromatic heterocycles. The first-order valence-electron chi connectivity index (χ1n) is 12.9. The maximum Gasteiger partial charge on any atom is 0.0284 e. The standard InChI is InChI=1S/C33H29N/c1-3-10-24-22(8-1)18-28-26(24)12-5-14-30(28)33(20-32(33)16-7-17-34-21-32)31-15-6-13-27-25-11-4-2-9-23(25)19-29(27)31/h1-6,8-15,34H,7,16-21H2. The second-order valence-electron chi connectivity index (χ2n) is 11.0. The lowest BCUT2D eigenvalue weighted by Gasteiger charge is -2.33. The van der Waals surface area contributed by atoms with Gasteiger partial charge in [-0.05, 0) is 99.7 Å². The van der Waals surface area contributed by atoms with Gasteiger partial charge in [-0.25, -0.2) is 0 Å². The minimum atomic E-state index is 0.112. The van der Waals surface area contributed by atoms with Crippen LogP contribution in [0.3, 0.4) is 0 Å². The Kier molecular flexibility index (Phi) is 3.78. The van der Waals surface area contributed by atoms with Crippen molar-refractivity contribution in [3.8, 4) is 22.3 Å². The van der Waals surface area contributed by atoms with E-state index in [1.54, 1.807) is 22.3 Å². The van der Waals surface area contributed by atoms with Gasteiger partial charge in [-0.15, -0.1) is 0 Å². The summed E-state index contributed by atoms with van der Waals surface area (Å²) >= 11 is 0. The molecule has 8 rings (SSSR count). The Labute approximate surface area is 201 Å². The van der Waals surface area contributed by atoms with Gasteiger partial charge < -0.3 is 5.32 Å². The molecule has 1 nitrogen and oxygen atoms in total. The summed E-state index contributed by atoms with van der Waals surface area (Å²) in [5.41, 5.74) is 15.6. The van der Waals surface area contributed by atoms with Crippen molar-refractivity contribution in [2.75, 3.05) is 13.1 Å². The fourth-order valence-electron chi connectivity index (χ4n) is 7.97. The van der Waals surface area contributed by atoms with E-state index >= 15 is 0 Å². The summed E-state index contributed by atoms with van der Waals surface area (Å²) in [6.07, 6.45) is 6.02. The van der Waals surface area contributed by atoms with Crippen molar-refractivity contribution in [3.05, 3.63) is 118 Å². The molecule has 2 fully saturated rings. The van der Waals surface area contributed by atoms with E-state index in [1.165, 1.54) is 52.6 Å². The van der Waals surface area contributed by atoms with Crippen LogP contribution in [0.2, 0.25) is 0 Å². The number of fused-ring (bicyclic) bond motifs is 6. The minimum Gasteiger partial charge on any atom is -0.316 e. The number of nitrogens with one attached hydrogen (secondary N) is 1. The molecule has 0 radical (unpaired) electrons. The number of benzene rings is 4. The molecule has 4 aliphatic rings. The van der Waals surface area contributed by atoms with Crippen LogP contribution in [0.1, 0.15) is 52.6 Å². The van der Waals surface area contributed by atoms with E-state index in [9.17, 15) is 0 Å². The van der Waals surface area contributed by atoms with Gasteiger partial charge in [0.2, 0.25) is 0 Å². The Morgan fingerprint density at radius 3 is 1.71 bits per heavy atom. The molecular weight excluding hydrogens is 410 g/mol. The first kappa shape index (κ1) is 19.2. The summed E-state index contributed by atoms with van der Waals surface area (Å²) in [5.74, 6) is 0. The Morgan fingerprint density at radius 1 is 0.588 bits per heavy atom. The summed E-state index contributed by atoms with van der Waals surface area (Å²) in [6, 6.07) is 32.4. The highest BCUT2D eigenvalue weighted by molar-refractivity contribution is 5.82. The van der Waals surface area contributed by atoms with Gasteiger partial charge in [0.15, 0.2) is 0 Å². The Bertz CT molecular complexity index is 1370. The molecule has 0 amide bonds. The van der Waals surface area contributed by atoms with Crippen molar-refractivity contribution >= 4 is 0 Å². The van der Waals surface area contributed by atoms with Crippen molar-refractivity contribution in [2.24, 2.45) is 5.41 Å². The monoisotopic (exact) mass is 439 g/mol. The van der Waals surface area contributed by atoms with Crippen LogP contribution in [0.15, 0.2) is 84.9 Å².